The van der Waals surface area contributed by atoms with Gasteiger partial charge in [0.15, 0.2) is 0 Å². The summed E-state index contributed by atoms with van der Waals surface area (Å²) in [7, 11) is 0. The van der Waals surface area contributed by atoms with Gasteiger partial charge in [-0.25, -0.2) is 0 Å². The first kappa shape index (κ1) is 13.2. The molecule has 1 aliphatic heterocycles. The molecule has 1 aromatic rings. The second-order valence-corrected chi connectivity index (χ2v) is 6.45. The first-order valence-corrected chi connectivity index (χ1v) is 8.14. The standard InChI is InChI=1S/C18H27N/c1-16-10-4-5-11-17(16)18(12-6-2-7-13-18)19-14-8-3-9-15-19/h4-5,10-11H,2-3,6-9,12-15H2,1H3. The molecule has 1 nitrogen and oxygen atoms in total. The molecule has 2 aliphatic rings. The lowest BCUT2D eigenvalue weighted by molar-refractivity contribution is 0.0298. The van der Waals surface area contributed by atoms with Crippen molar-refractivity contribution in [2.75, 3.05) is 13.1 Å². The van der Waals surface area contributed by atoms with Crippen LogP contribution in [-0.4, -0.2) is 18.0 Å². The van der Waals surface area contributed by atoms with E-state index in [4.69, 9.17) is 0 Å². The van der Waals surface area contributed by atoms with Gasteiger partial charge in [0.1, 0.15) is 0 Å². The van der Waals surface area contributed by atoms with E-state index >= 15 is 0 Å². The van der Waals surface area contributed by atoms with Crippen LogP contribution in [0.1, 0.15) is 62.5 Å². The van der Waals surface area contributed by atoms with Crippen molar-refractivity contribution in [3.05, 3.63) is 35.4 Å². The van der Waals surface area contributed by atoms with Crippen LogP contribution in [0.25, 0.3) is 0 Å². The molecule has 1 saturated carbocycles. The Bertz CT molecular complexity index is 411. The predicted octanol–water partition coefficient (Wildman–Crippen LogP) is 4.64. The fourth-order valence-electron chi connectivity index (χ4n) is 4.31. The summed E-state index contributed by atoms with van der Waals surface area (Å²) in [6.45, 7) is 4.93. The van der Waals surface area contributed by atoms with Crippen molar-refractivity contribution < 1.29 is 0 Å². The summed E-state index contributed by atoms with van der Waals surface area (Å²) in [5.74, 6) is 0. The van der Waals surface area contributed by atoms with Gasteiger partial charge in [-0.1, -0.05) is 49.9 Å². The van der Waals surface area contributed by atoms with Crippen molar-refractivity contribution in [2.45, 2.75) is 63.8 Å². The molecule has 1 saturated heterocycles. The van der Waals surface area contributed by atoms with Crippen molar-refractivity contribution in [3.8, 4) is 0 Å². The van der Waals surface area contributed by atoms with Crippen LogP contribution in [0.3, 0.4) is 0 Å². The Morgan fingerprint density at radius 1 is 0.842 bits per heavy atom. The molecule has 0 atom stereocenters. The van der Waals surface area contributed by atoms with Crippen LogP contribution in [0, 0.1) is 6.92 Å². The highest BCUT2D eigenvalue weighted by molar-refractivity contribution is 5.33. The van der Waals surface area contributed by atoms with Crippen LogP contribution in [0.2, 0.25) is 0 Å². The quantitative estimate of drug-likeness (QED) is 0.746. The normalized spacial score (nSPS) is 24.3. The van der Waals surface area contributed by atoms with Gasteiger partial charge < -0.3 is 0 Å². The monoisotopic (exact) mass is 257 g/mol. The van der Waals surface area contributed by atoms with Gasteiger partial charge in [0, 0.05) is 5.54 Å². The van der Waals surface area contributed by atoms with Crippen LogP contribution in [0.4, 0.5) is 0 Å². The number of hydrogen-bond donors (Lipinski definition) is 0. The van der Waals surface area contributed by atoms with Crippen molar-refractivity contribution in [1.29, 1.82) is 0 Å². The summed E-state index contributed by atoms with van der Waals surface area (Å²) in [5.41, 5.74) is 3.48. The van der Waals surface area contributed by atoms with Crippen LogP contribution in [0.15, 0.2) is 24.3 Å². The Balaban J connectivity index is 1.98. The van der Waals surface area contributed by atoms with E-state index in [-0.39, 0.29) is 0 Å². The molecule has 1 heteroatoms. The summed E-state index contributed by atoms with van der Waals surface area (Å²) < 4.78 is 0. The molecule has 0 aromatic heterocycles. The molecular formula is C18H27N. The zero-order chi connectivity index (χ0) is 13.1. The number of piperidine rings is 1. The topological polar surface area (TPSA) is 3.24 Å². The highest BCUT2D eigenvalue weighted by Crippen LogP contribution is 2.44. The van der Waals surface area contributed by atoms with E-state index in [9.17, 15) is 0 Å². The molecule has 104 valence electrons. The van der Waals surface area contributed by atoms with Crippen molar-refractivity contribution in [3.63, 3.8) is 0 Å². The molecule has 19 heavy (non-hydrogen) atoms. The van der Waals surface area contributed by atoms with Gasteiger partial charge in [-0.3, -0.25) is 4.90 Å². The fraction of sp³-hybridized carbons (Fsp3) is 0.667. The third kappa shape index (κ3) is 2.45. The highest BCUT2D eigenvalue weighted by Gasteiger charge is 2.40. The molecule has 0 spiro atoms. The number of likely N-dealkylation sites (tertiary alicyclic amines) is 1. The van der Waals surface area contributed by atoms with E-state index < -0.39 is 0 Å². The maximum absolute atomic E-state index is 2.83. The summed E-state index contributed by atoms with van der Waals surface area (Å²) in [6, 6.07) is 9.12. The molecular weight excluding hydrogens is 230 g/mol. The zero-order valence-electron chi connectivity index (χ0n) is 12.3. The summed E-state index contributed by atoms with van der Waals surface area (Å²) in [5, 5.41) is 0. The largest absolute Gasteiger partial charge is 0.294 e. The van der Waals surface area contributed by atoms with E-state index in [2.05, 4.69) is 36.1 Å². The molecule has 0 N–H and O–H groups in total. The average Bonchev–Trinajstić information content (AvgIpc) is 2.49. The van der Waals surface area contributed by atoms with Gasteiger partial charge in [0.2, 0.25) is 0 Å². The smallest absolute Gasteiger partial charge is 0.0463 e. The van der Waals surface area contributed by atoms with Crippen LogP contribution < -0.4 is 0 Å². The fourth-order valence-corrected chi connectivity index (χ4v) is 4.31. The van der Waals surface area contributed by atoms with Gasteiger partial charge >= 0.3 is 0 Å². The minimum absolute atomic E-state index is 0.365. The Morgan fingerprint density at radius 2 is 1.47 bits per heavy atom. The lowest BCUT2D eigenvalue weighted by atomic mass is 9.73. The minimum atomic E-state index is 0.365. The Labute approximate surface area is 118 Å². The highest BCUT2D eigenvalue weighted by atomic mass is 15.2. The van der Waals surface area contributed by atoms with Gasteiger partial charge in [-0.2, -0.15) is 0 Å². The van der Waals surface area contributed by atoms with E-state index in [1.54, 1.807) is 5.56 Å². The molecule has 0 radical (unpaired) electrons. The molecule has 0 unspecified atom stereocenters. The summed E-state index contributed by atoms with van der Waals surface area (Å²) in [6.07, 6.45) is 11.2. The van der Waals surface area contributed by atoms with Crippen molar-refractivity contribution in [2.24, 2.45) is 0 Å². The zero-order valence-corrected chi connectivity index (χ0v) is 12.3. The average molecular weight is 257 g/mol. The lowest BCUT2D eigenvalue weighted by Gasteiger charge is -2.49. The van der Waals surface area contributed by atoms with Crippen LogP contribution in [-0.2, 0) is 5.54 Å². The molecule has 0 bridgehead atoms. The minimum Gasteiger partial charge on any atom is -0.294 e. The Morgan fingerprint density at radius 3 is 2.16 bits per heavy atom. The van der Waals surface area contributed by atoms with Gasteiger partial charge in [0.05, 0.1) is 0 Å². The van der Waals surface area contributed by atoms with Crippen LogP contribution in [0.5, 0.6) is 0 Å². The van der Waals surface area contributed by atoms with E-state index in [0.717, 1.165) is 0 Å². The predicted molar refractivity (Wildman–Crippen MR) is 81.4 cm³/mol. The summed E-state index contributed by atoms with van der Waals surface area (Å²) in [4.78, 5) is 2.83. The molecule has 1 aliphatic carbocycles. The number of aryl methyl sites for hydroxylation is 1. The Hall–Kier alpha value is -0.820. The van der Waals surface area contributed by atoms with E-state index in [1.807, 2.05) is 0 Å². The maximum Gasteiger partial charge on any atom is 0.0463 e. The second kappa shape index (κ2) is 5.66. The molecule has 1 heterocycles. The first-order chi connectivity index (χ1) is 9.33. The second-order valence-electron chi connectivity index (χ2n) is 6.45. The molecule has 0 amide bonds. The maximum atomic E-state index is 2.83. The molecule has 2 fully saturated rings. The number of rotatable bonds is 2. The van der Waals surface area contributed by atoms with E-state index in [1.165, 1.54) is 70.0 Å². The van der Waals surface area contributed by atoms with Crippen molar-refractivity contribution >= 4 is 0 Å². The van der Waals surface area contributed by atoms with Crippen molar-refractivity contribution in [1.82, 2.24) is 4.90 Å². The summed E-state index contributed by atoms with van der Waals surface area (Å²) >= 11 is 0. The third-order valence-corrected chi connectivity index (χ3v) is 5.29. The number of hydrogen-bond acceptors (Lipinski definition) is 1. The first-order valence-electron chi connectivity index (χ1n) is 8.14. The van der Waals surface area contributed by atoms with Gasteiger partial charge in [-0.15, -0.1) is 0 Å². The number of benzene rings is 1. The van der Waals surface area contributed by atoms with E-state index in [0.29, 0.717) is 5.54 Å². The lowest BCUT2D eigenvalue weighted by Crippen LogP contribution is -2.50. The number of nitrogens with zero attached hydrogens (tertiary/aromatic N) is 1. The SMILES string of the molecule is Cc1ccccc1C1(N2CCCCC2)CCCCC1. The third-order valence-electron chi connectivity index (χ3n) is 5.29. The molecule has 1 aromatic carbocycles. The van der Waals surface area contributed by atoms with Gasteiger partial charge in [-0.05, 0) is 56.8 Å². The molecule has 3 rings (SSSR count). The van der Waals surface area contributed by atoms with Gasteiger partial charge in [0.25, 0.3) is 0 Å². The van der Waals surface area contributed by atoms with Crippen LogP contribution >= 0.6 is 0 Å². The Kier molecular flexibility index (Phi) is 3.93.